The van der Waals surface area contributed by atoms with Crippen molar-refractivity contribution in [2.45, 2.75) is 32.8 Å². The number of anilines is 3. The molecule has 1 unspecified atom stereocenters. The largest absolute Gasteiger partial charge is 0.368 e. The normalized spacial score (nSPS) is 19.7. The van der Waals surface area contributed by atoms with Gasteiger partial charge in [-0.3, -0.25) is 4.79 Å². The van der Waals surface area contributed by atoms with Gasteiger partial charge in [0.05, 0.1) is 11.9 Å². The minimum Gasteiger partial charge on any atom is -0.368 e. The quantitative estimate of drug-likeness (QED) is 0.883. The number of aryl methyl sites for hydroxylation is 1. The summed E-state index contributed by atoms with van der Waals surface area (Å²) < 4.78 is 5.42. The standard InChI is InChI=1S/C22H28N4O2/c1-16-5-3-6-19(17(16)2)25-10-12-26(13-11-25)21-9-8-18(15-23-21)24-22(27)20-7-4-14-28-20/h3,5-6,8-9,15,20H,4,7,10-14H2,1-2H3,(H,24,27). The first kappa shape index (κ1) is 18.7. The van der Waals surface area contributed by atoms with Gasteiger partial charge in [-0.15, -0.1) is 0 Å². The molecule has 4 rings (SSSR count). The Morgan fingerprint density at radius 2 is 1.89 bits per heavy atom. The first-order valence-electron chi connectivity index (χ1n) is 10.1. The summed E-state index contributed by atoms with van der Waals surface area (Å²) in [6.45, 7) is 8.85. The van der Waals surface area contributed by atoms with Gasteiger partial charge in [-0.05, 0) is 56.0 Å². The van der Waals surface area contributed by atoms with Gasteiger partial charge in [-0.25, -0.2) is 4.98 Å². The van der Waals surface area contributed by atoms with Crippen molar-refractivity contribution < 1.29 is 9.53 Å². The molecule has 1 aromatic carbocycles. The summed E-state index contributed by atoms with van der Waals surface area (Å²) in [5.74, 6) is 0.880. The first-order chi connectivity index (χ1) is 13.6. The number of nitrogens with zero attached hydrogens (tertiary/aromatic N) is 3. The molecule has 0 bridgehead atoms. The molecule has 0 spiro atoms. The summed E-state index contributed by atoms with van der Waals surface area (Å²) in [7, 11) is 0. The maximum Gasteiger partial charge on any atom is 0.253 e. The van der Waals surface area contributed by atoms with E-state index in [0.717, 1.165) is 50.5 Å². The van der Waals surface area contributed by atoms with Crippen molar-refractivity contribution in [3.8, 4) is 0 Å². The zero-order valence-electron chi connectivity index (χ0n) is 16.6. The zero-order chi connectivity index (χ0) is 19.5. The summed E-state index contributed by atoms with van der Waals surface area (Å²) in [5.41, 5.74) is 4.75. The Labute approximate surface area is 166 Å². The summed E-state index contributed by atoms with van der Waals surface area (Å²) in [5, 5.41) is 2.90. The molecule has 1 amide bonds. The Bertz CT molecular complexity index is 823. The monoisotopic (exact) mass is 380 g/mol. The van der Waals surface area contributed by atoms with Crippen LogP contribution in [-0.2, 0) is 9.53 Å². The molecular formula is C22H28N4O2. The SMILES string of the molecule is Cc1cccc(N2CCN(c3ccc(NC(=O)C4CCCO4)cn3)CC2)c1C. The Morgan fingerprint density at radius 3 is 2.57 bits per heavy atom. The molecule has 6 nitrogen and oxygen atoms in total. The summed E-state index contributed by atoms with van der Waals surface area (Å²) in [4.78, 5) is 21.5. The molecule has 3 heterocycles. The van der Waals surface area contributed by atoms with Gasteiger partial charge in [0.2, 0.25) is 0 Å². The zero-order valence-corrected chi connectivity index (χ0v) is 16.6. The lowest BCUT2D eigenvalue weighted by atomic mass is 10.1. The smallest absolute Gasteiger partial charge is 0.253 e. The molecule has 2 fully saturated rings. The molecule has 2 saturated heterocycles. The number of nitrogens with one attached hydrogen (secondary N) is 1. The minimum atomic E-state index is -0.321. The highest BCUT2D eigenvalue weighted by Gasteiger charge is 2.24. The van der Waals surface area contributed by atoms with Crippen LogP contribution in [-0.4, -0.2) is 49.8 Å². The van der Waals surface area contributed by atoms with Gasteiger partial charge in [0.15, 0.2) is 0 Å². The molecule has 2 aliphatic rings. The van der Waals surface area contributed by atoms with E-state index in [2.05, 4.69) is 52.1 Å². The fourth-order valence-corrected chi connectivity index (χ4v) is 3.91. The van der Waals surface area contributed by atoms with Gasteiger partial charge in [0.25, 0.3) is 5.91 Å². The average molecular weight is 380 g/mol. The van der Waals surface area contributed by atoms with Crippen molar-refractivity contribution in [3.05, 3.63) is 47.7 Å². The number of carbonyl (C=O) groups is 1. The lowest BCUT2D eigenvalue weighted by Crippen LogP contribution is -2.47. The number of ether oxygens (including phenoxy) is 1. The second-order valence-corrected chi connectivity index (χ2v) is 7.59. The van der Waals surface area contributed by atoms with Gasteiger partial charge in [-0.1, -0.05) is 12.1 Å². The third kappa shape index (κ3) is 3.97. The first-order valence-corrected chi connectivity index (χ1v) is 10.1. The van der Waals surface area contributed by atoms with Gasteiger partial charge < -0.3 is 19.9 Å². The third-order valence-electron chi connectivity index (χ3n) is 5.76. The Hall–Kier alpha value is -2.60. The molecule has 1 N–H and O–H groups in total. The van der Waals surface area contributed by atoms with Gasteiger partial charge in [0.1, 0.15) is 11.9 Å². The van der Waals surface area contributed by atoms with Crippen molar-refractivity contribution in [1.82, 2.24) is 4.98 Å². The van der Waals surface area contributed by atoms with Crippen LogP contribution in [0.1, 0.15) is 24.0 Å². The van der Waals surface area contributed by atoms with Crippen LogP contribution < -0.4 is 15.1 Å². The van der Waals surface area contributed by atoms with Crippen molar-refractivity contribution in [2.75, 3.05) is 47.9 Å². The molecule has 2 aliphatic heterocycles. The van der Waals surface area contributed by atoms with Gasteiger partial charge in [-0.2, -0.15) is 0 Å². The predicted octanol–water partition coefficient (Wildman–Crippen LogP) is 3.14. The van der Waals surface area contributed by atoms with Gasteiger partial charge in [0, 0.05) is 38.5 Å². The van der Waals surface area contributed by atoms with Crippen molar-refractivity contribution in [2.24, 2.45) is 0 Å². The maximum absolute atomic E-state index is 12.1. The molecule has 1 aromatic heterocycles. The summed E-state index contributed by atoms with van der Waals surface area (Å²) in [6.07, 6.45) is 3.16. The number of amides is 1. The van der Waals surface area contributed by atoms with Crippen LogP contribution >= 0.6 is 0 Å². The van der Waals surface area contributed by atoms with Crippen LogP contribution in [0.15, 0.2) is 36.5 Å². The number of benzene rings is 1. The number of hydrogen-bond acceptors (Lipinski definition) is 5. The highest BCUT2D eigenvalue weighted by molar-refractivity contribution is 5.94. The van der Waals surface area contributed by atoms with Crippen LogP contribution in [0.2, 0.25) is 0 Å². The maximum atomic E-state index is 12.1. The van der Waals surface area contributed by atoms with Gasteiger partial charge >= 0.3 is 0 Å². The molecule has 148 valence electrons. The van der Waals surface area contributed by atoms with E-state index >= 15 is 0 Å². The predicted molar refractivity (Wildman–Crippen MR) is 112 cm³/mol. The number of piperazine rings is 1. The lowest BCUT2D eigenvalue weighted by molar-refractivity contribution is -0.124. The second-order valence-electron chi connectivity index (χ2n) is 7.59. The lowest BCUT2D eigenvalue weighted by Gasteiger charge is -2.37. The van der Waals surface area contributed by atoms with Crippen LogP contribution in [0.4, 0.5) is 17.2 Å². The molecule has 1 atom stereocenters. The summed E-state index contributed by atoms with van der Waals surface area (Å²) in [6, 6.07) is 10.4. The molecule has 0 saturated carbocycles. The molecule has 6 heteroatoms. The van der Waals surface area contributed by atoms with E-state index in [0.29, 0.717) is 6.61 Å². The van der Waals surface area contributed by atoms with Crippen molar-refractivity contribution >= 4 is 23.1 Å². The molecule has 28 heavy (non-hydrogen) atoms. The van der Waals surface area contributed by atoms with E-state index in [9.17, 15) is 4.79 Å². The second kappa shape index (κ2) is 8.19. The highest BCUT2D eigenvalue weighted by atomic mass is 16.5. The van der Waals surface area contributed by atoms with E-state index < -0.39 is 0 Å². The summed E-state index contributed by atoms with van der Waals surface area (Å²) >= 11 is 0. The van der Waals surface area contributed by atoms with Crippen LogP contribution in [0.25, 0.3) is 0 Å². The van der Waals surface area contributed by atoms with Crippen LogP contribution in [0.5, 0.6) is 0 Å². The fourth-order valence-electron chi connectivity index (χ4n) is 3.91. The van der Waals surface area contributed by atoms with Crippen LogP contribution in [0, 0.1) is 13.8 Å². The van der Waals surface area contributed by atoms with E-state index in [-0.39, 0.29) is 12.0 Å². The number of pyridine rings is 1. The topological polar surface area (TPSA) is 57.7 Å². The van der Waals surface area contributed by atoms with Crippen molar-refractivity contribution in [1.29, 1.82) is 0 Å². The minimum absolute atomic E-state index is 0.0748. The molecular weight excluding hydrogens is 352 g/mol. The van der Waals surface area contributed by atoms with E-state index in [1.165, 1.54) is 16.8 Å². The Kier molecular flexibility index (Phi) is 5.48. The van der Waals surface area contributed by atoms with Crippen molar-refractivity contribution in [3.63, 3.8) is 0 Å². The highest BCUT2D eigenvalue weighted by Crippen LogP contribution is 2.25. The van der Waals surface area contributed by atoms with E-state index in [1.54, 1.807) is 6.20 Å². The van der Waals surface area contributed by atoms with E-state index in [4.69, 9.17) is 4.74 Å². The fraction of sp³-hybridized carbons (Fsp3) is 0.455. The Balaban J connectivity index is 1.34. The van der Waals surface area contributed by atoms with E-state index in [1.807, 2.05) is 12.1 Å². The average Bonchev–Trinajstić information content (AvgIpc) is 3.26. The number of carbonyl (C=O) groups excluding carboxylic acids is 1. The van der Waals surface area contributed by atoms with Crippen LogP contribution in [0.3, 0.4) is 0 Å². The molecule has 0 radical (unpaired) electrons. The number of hydrogen-bond donors (Lipinski definition) is 1. The molecule has 0 aliphatic carbocycles. The third-order valence-corrected chi connectivity index (χ3v) is 5.76. The number of aromatic nitrogens is 1. The molecule has 2 aromatic rings. The number of rotatable bonds is 4. The Morgan fingerprint density at radius 1 is 1.11 bits per heavy atom.